The molecule has 0 aliphatic carbocycles. The maximum Gasteiger partial charge on any atom is 0.0266 e. The standard InChI is InChI=1S/C10H22/c1-3-5-7-9-10-8-6-4-2/h3-10H2,1-2H3/i1D,3D,5D. The molecule has 0 N–H and O–H groups in total. The second kappa shape index (κ2) is 9.00. The van der Waals surface area contributed by atoms with E-state index in [1.165, 1.54) is 25.7 Å². The van der Waals surface area contributed by atoms with E-state index < -0.39 is 6.40 Å². The van der Waals surface area contributed by atoms with Crippen molar-refractivity contribution < 1.29 is 4.11 Å². The van der Waals surface area contributed by atoms with Gasteiger partial charge in [0, 0.05) is 4.11 Å². The summed E-state index contributed by atoms with van der Waals surface area (Å²) in [5.41, 5.74) is 0. The molecule has 0 amide bonds. The van der Waals surface area contributed by atoms with Crippen molar-refractivity contribution in [1.29, 1.82) is 0 Å². The molecule has 0 saturated carbocycles. The molecule has 0 bridgehead atoms. The minimum absolute atomic E-state index is 0.0725. The molecule has 0 aromatic carbocycles. The molecule has 0 nitrogen and oxygen atoms in total. The molecule has 0 aromatic rings. The molecular weight excluding hydrogens is 120 g/mol. The van der Waals surface area contributed by atoms with Gasteiger partial charge in [0.25, 0.3) is 0 Å². The first-order valence-electron chi connectivity index (χ1n) is 6.22. The van der Waals surface area contributed by atoms with Crippen molar-refractivity contribution in [3.8, 4) is 0 Å². The predicted octanol–water partition coefficient (Wildman–Crippen LogP) is 4.15. The van der Waals surface area contributed by atoms with Gasteiger partial charge in [0.2, 0.25) is 0 Å². The Morgan fingerprint density at radius 1 is 1.10 bits per heavy atom. The van der Waals surface area contributed by atoms with E-state index in [-0.39, 0.29) is 13.3 Å². The molecule has 0 heteroatoms. The third-order valence-electron chi connectivity index (χ3n) is 1.64. The number of hydrogen-bond acceptors (Lipinski definition) is 0. The average molecular weight is 145 g/mol. The molecule has 0 fully saturated rings. The van der Waals surface area contributed by atoms with Crippen molar-refractivity contribution in [2.24, 2.45) is 0 Å². The first-order valence-corrected chi connectivity index (χ1v) is 4.36. The summed E-state index contributed by atoms with van der Waals surface area (Å²) in [7, 11) is 0. The average Bonchev–Trinajstić information content (AvgIpc) is 2.16. The second-order valence-corrected chi connectivity index (χ2v) is 2.67. The zero-order valence-electron chi connectivity index (χ0n) is 10.1. The summed E-state index contributed by atoms with van der Waals surface area (Å²) in [5, 5.41) is 0. The zero-order valence-corrected chi connectivity index (χ0v) is 7.10. The summed E-state index contributed by atoms with van der Waals surface area (Å²) in [6.07, 6.45) is 6.01. The molecule has 0 radical (unpaired) electrons. The van der Waals surface area contributed by atoms with Crippen molar-refractivity contribution in [2.75, 3.05) is 0 Å². The van der Waals surface area contributed by atoms with E-state index >= 15 is 0 Å². The highest BCUT2D eigenvalue weighted by atomic mass is 13.9. The molecule has 0 spiro atoms. The summed E-state index contributed by atoms with van der Waals surface area (Å²) in [5.74, 6) is 0. The van der Waals surface area contributed by atoms with Gasteiger partial charge in [0.15, 0.2) is 0 Å². The van der Waals surface area contributed by atoms with Crippen LogP contribution in [0, 0.1) is 0 Å². The maximum absolute atomic E-state index is 7.55. The lowest BCUT2D eigenvalue weighted by atomic mass is 10.1. The van der Waals surface area contributed by atoms with Crippen molar-refractivity contribution >= 4 is 0 Å². The normalized spacial score (nSPS) is 20.7. The monoisotopic (exact) mass is 145 g/mol. The van der Waals surface area contributed by atoms with Crippen LogP contribution in [0.1, 0.15) is 69.3 Å². The fraction of sp³-hybridized carbons (Fsp3) is 1.00. The van der Waals surface area contributed by atoms with Crippen LogP contribution in [0.4, 0.5) is 0 Å². The van der Waals surface area contributed by atoms with Crippen molar-refractivity contribution in [3.63, 3.8) is 0 Å². The first-order chi connectivity index (χ1) is 6.22. The van der Waals surface area contributed by atoms with E-state index in [0.717, 1.165) is 12.8 Å². The van der Waals surface area contributed by atoms with Crippen LogP contribution in [0.3, 0.4) is 0 Å². The van der Waals surface area contributed by atoms with Crippen LogP contribution < -0.4 is 0 Å². The highest BCUT2D eigenvalue weighted by molar-refractivity contribution is 4.43. The van der Waals surface area contributed by atoms with Crippen LogP contribution in [0.2, 0.25) is 0 Å². The van der Waals surface area contributed by atoms with Crippen molar-refractivity contribution in [3.05, 3.63) is 0 Å². The quantitative estimate of drug-likeness (QED) is 0.472. The Bertz CT molecular complexity index is 106. The summed E-state index contributed by atoms with van der Waals surface area (Å²) >= 11 is 0. The Morgan fingerprint density at radius 3 is 2.50 bits per heavy atom. The smallest absolute Gasteiger partial charge is 0.0266 e. The van der Waals surface area contributed by atoms with Crippen molar-refractivity contribution in [2.45, 2.75) is 65.1 Å². The third kappa shape index (κ3) is 8.00. The van der Waals surface area contributed by atoms with E-state index in [1.807, 2.05) is 0 Å². The molecule has 0 heterocycles. The molecule has 0 saturated heterocycles. The van der Waals surface area contributed by atoms with Crippen LogP contribution in [-0.2, 0) is 0 Å². The van der Waals surface area contributed by atoms with Crippen LogP contribution in [0.15, 0.2) is 0 Å². The van der Waals surface area contributed by atoms with Gasteiger partial charge in [-0.1, -0.05) is 65.1 Å². The van der Waals surface area contributed by atoms with Gasteiger partial charge in [-0.2, -0.15) is 0 Å². The highest BCUT2D eigenvalue weighted by Gasteiger charge is 1.87. The van der Waals surface area contributed by atoms with E-state index in [2.05, 4.69) is 6.92 Å². The van der Waals surface area contributed by atoms with Gasteiger partial charge in [0.05, 0.1) is 0 Å². The highest BCUT2D eigenvalue weighted by Crippen LogP contribution is 2.07. The number of rotatable bonds is 7. The van der Waals surface area contributed by atoms with Crippen LogP contribution in [0.25, 0.3) is 0 Å². The number of unbranched alkanes of at least 4 members (excludes halogenated alkanes) is 4. The molecular formula is C10H22. The third-order valence-corrected chi connectivity index (χ3v) is 1.64. The summed E-state index contributed by atoms with van der Waals surface area (Å²) < 4.78 is 21.9. The van der Waals surface area contributed by atoms with E-state index in [0.29, 0.717) is 0 Å². The maximum atomic E-state index is 7.55. The lowest BCUT2D eigenvalue weighted by molar-refractivity contribution is 0.585. The molecule has 0 aliphatic heterocycles. The molecule has 10 heavy (non-hydrogen) atoms. The number of hydrogen-bond donors (Lipinski definition) is 0. The fourth-order valence-corrected chi connectivity index (χ4v) is 0.984. The van der Waals surface area contributed by atoms with Gasteiger partial charge in [-0.3, -0.25) is 0 Å². The summed E-state index contributed by atoms with van der Waals surface area (Å²) in [4.78, 5) is 0. The lowest BCUT2D eigenvalue weighted by Crippen LogP contribution is -1.77. The molecule has 2 atom stereocenters. The Balaban J connectivity index is 3.21. The van der Waals surface area contributed by atoms with Gasteiger partial charge >= 0.3 is 0 Å². The van der Waals surface area contributed by atoms with Gasteiger partial charge in [-0.15, -0.1) is 0 Å². The van der Waals surface area contributed by atoms with Gasteiger partial charge < -0.3 is 0 Å². The Hall–Kier alpha value is 0. The van der Waals surface area contributed by atoms with E-state index in [4.69, 9.17) is 4.11 Å². The van der Waals surface area contributed by atoms with Gasteiger partial charge in [-0.25, -0.2) is 0 Å². The van der Waals surface area contributed by atoms with Crippen LogP contribution in [0.5, 0.6) is 0 Å². The van der Waals surface area contributed by atoms with Crippen LogP contribution in [-0.4, -0.2) is 0 Å². The Kier molecular flexibility index (Phi) is 5.06. The van der Waals surface area contributed by atoms with Gasteiger partial charge in [0.1, 0.15) is 0 Å². The summed E-state index contributed by atoms with van der Waals surface area (Å²) in [6, 6.07) is 0. The Morgan fingerprint density at radius 2 is 1.80 bits per heavy atom. The molecule has 0 aliphatic rings. The first kappa shape index (κ1) is 5.62. The molecule has 62 valence electrons. The largest absolute Gasteiger partial charge is 0.0654 e. The molecule has 0 rings (SSSR count). The van der Waals surface area contributed by atoms with Gasteiger partial charge in [-0.05, 0) is 0 Å². The van der Waals surface area contributed by atoms with Crippen molar-refractivity contribution in [1.82, 2.24) is 0 Å². The second-order valence-electron chi connectivity index (χ2n) is 2.67. The molecule has 2 unspecified atom stereocenters. The SMILES string of the molecule is [2H]CC([2H])C([2H])CCCCCCC. The summed E-state index contributed by atoms with van der Waals surface area (Å²) in [6.45, 7) is 2.26. The topological polar surface area (TPSA) is 0 Å². The minimum atomic E-state index is -0.494. The zero-order chi connectivity index (χ0) is 10.1. The van der Waals surface area contributed by atoms with Crippen LogP contribution >= 0.6 is 0 Å². The minimum Gasteiger partial charge on any atom is -0.0654 e. The van der Waals surface area contributed by atoms with E-state index in [1.54, 1.807) is 0 Å². The molecule has 0 aromatic heterocycles. The fourth-order valence-electron chi connectivity index (χ4n) is 0.984. The Labute approximate surface area is 70.2 Å². The van der Waals surface area contributed by atoms with E-state index in [9.17, 15) is 0 Å². The lowest BCUT2D eigenvalue weighted by Gasteiger charge is -1.97. The predicted molar refractivity (Wildman–Crippen MR) is 48.3 cm³/mol.